The van der Waals surface area contributed by atoms with Gasteiger partial charge in [-0.25, -0.2) is 24.4 Å². The minimum atomic E-state index is -1.04. The molecule has 121 heavy (non-hydrogen) atoms. The van der Waals surface area contributed by atoms with Gasteiger partial charge in [0.05, 0.1) is 53.4 Å². The number of hydrogen-bond donors (Lipinski definition) is 8. The molecule has 2 fully saturated rings. The summed E-state index contributed by atoms with van der Waals surface area (Å²) in [4.78, 5) is 138. The van der Waals surface area contributed by atoms with Crippen LogP contribution in [0.3, 0.4) is 0 Å². The lowest BCUT2D eigenvalue weighted by Crippen LogP contribution is -2.54. The molecule has 4 atom stereocenters. The maximum atomic E-state index is 14.9. The van der Waals surface area contributed by atoms with Gasteiger partial charge >= 0.3 is 18.2 Å². The molecule has 27 nitrogen and oxygen atoms in total. The van der Waals surface area contributed by atoms with Crippen molar-refractivity contribution < 1.29 is 52.6 Å². The Hall–Kier alpha value is -11.3. The molecule has 5 aliphatic rings. The Kier molecular flexibility index (Phi) is 30.6. The van der Waals surface area contributed by atoms with E-state index in [1.54, 1.807) is 97.1 Å². The predicted octanol–water partition coefficient (Wildman–Crippen LogP) is 13.2. The molecular weight excluding hydrogens is 1590 g/mol. The van der Waals surface area contributed by atoms with E-state index in [-0.39, 0.29) is 86.9 Å². The number of hydrogen-bond acceptors (Lipinski definition) is 19. The predicted molar refractivity (Wildman–Crippen MR) is 481 cm³/mol. The molecule has 2 saturated heterocycles. The molecule has 9 N–H and O–H groups in total. The highest BCUT2D eigenvalue weighted by Crippen LogP contribution is 2.47. The summed E-state index contributed by atoms with van der Waals surface area (Å²) in [5.74, 6) is -0.670. The first-order valence-corrected chi connectivity index (χ1v) is 43.6. The Bertz CT molecular complexity index is 5270. The molecule has 0 spiro atoms. The molecule has 6 aromatic carbocycles. The quantitative estimate of drug-likeness (QED) is 0.0153. The number of urea groups is 1. The van der Waals surface area contributed by atoms with Crippen LogP contribution in [0.5, 0.6) is 5.75 Å². The molecule has 0 radical (unpaired) electrons. The second-order valence-corrected chi connectivity index (χ2v) is 33.5. The normalized spacial score (nSPS) is 17.4. The van der Waals surface area contributed by atoms with Gasteiger partial charge in [0.25, 0.3) is 17.7 Å². The van der Waals surface area contributed by atoms with E-state index < -0.39 is 48.2 Å². The topological polar surface area (TPSA) is 323 Å². The number of likely N-dealkylation sites (N-methyl/N-ethyl adjacent to an activating group) is 3. The molecule has 2 aromatic heterocycles. The molecule has 634 valence electrons. The molecule has 9 amide bonds. The Morgan fingerprint density at radius 1 is 0.686 bits per heavy atom. The van der Waals surface area contributed by atoms with E-state index >= 15 is 0 Å². The van der Waals surface area contributed by atoms with Crippen LogP contribution in [0.15, 0.2) is 192 Å². The molecule has 8 aromatic rings. The van der Waals surface area contributed by atoms with Crippen molar-refractivity contribution in [2.24, 2.45) is 11.7 Å². The average Bonchev–Trinajstić information content (AvgIpc) is 1.60. The van der Waals surface area contributed by atoms with Crippen LogP contribution < -0.4 is 52.2 Å². The number of carbonyl (C=O) groups excluding carboxylic acids is 8. The van der Waals surface area contributed by atoms with Crippen LogP contribution in [0, 0.1) is 5.92 Å². The molecule has 6 heterocycles. The number of piperazine rings is 1. The fourth-order valence-electron chi connectivity index (χ4n) is 15.2. The second kappa shape index (κ2) is 42.3. The molecule has 30 heteroatoms. The minimum absolute atomic E-state index is 0.0848. The summed E-state index contributed by atoms with van der Waals surface area (Å²) >= 11 is 10.1. The van der Waals surface area contributed by atoms with Gasteiger partial charge in [-0.05, 0) is 159 Å². The summed E-state index contributed by atoms with van der Waals surface area (Å²) in [5.41, 5.74) is 14.4. The highest BCUT2D eigenvalue weighted by atomic mass is 35.5. The van der Waals surface area contributed by atoms with E-state index in [1.807, 2.05) is 123 Å². The van der Waals surface area contributed by atoms with Crippen molar-refractivity contribution in [2.45, 2.75) is 88.1 Å². The van der Waals surface area contributed by atoms with Gasteiger partial charge in [0.1, 0.15) is 24.1 Å². The van der Waals surface area contributed by atoms with Crippen molar-refractivity contribution in [2.75, 3.05) is 139 Å². The van der Waals surface area contributed by atoms with Gasteiger partial charge < -0.3 is 81.3 Å². The molecule has 13 rings (SSSR count). The fourth-order valence-corrected chi connectivity index (χ4v) is 17.4. The maximum absolute atomic E-state index is 14.9. The smallest absolute Gasteiger partial charge is 0.415 e. The Labute approximate surface area is 718 Å². The molecular formula is C91H105ClN16O11S2. The number of aromatic amines is 1. The number of nitrogens with two attached hydrogens (primary N) is 1. The van der Waals surface area contributed by atoms with Crippen LogP contribution in [0.1, 0.15) is 106 Å². The number of primary amides is 1. The van der Waals surface area contributed by atoms with Gasteiger partial charge in [0, 0.05) is 170 Å². The number of ether oxygens (including phenoxy) is 3. The molecule has 1 aliphatic carbocycles. The lowest BCUT2D eigenvalue weighted by atomic mass is 9.95. The molecule has 4 aliphatic heterocycles. The first-order valence-electron chi connectivity index (χ1n) is 41.1. The summed E-state index contributed by atoms with van der Waals surface area (Å²) in [5, 5.41) is 19.8. The van der Waals surface area contributed by atoms with Crippen molar-refractivity contribution in [1.82, 2.24) is 55.8 Å². The number of H-pyrrole nitrogens is 1. The summed E-state index contributed by atoms with van der Waals surface area (Å²) in [6.07, 6.45) is 21.5. The van der Waals surface area contributed by atoms with E-state index in [1.165, 1.54) is 9.80 Å². The summed E-state index contributed by atoms with van der Waals surface area (Å²) in [6.45, 7) is 12.1. The van der Waals surface area contributed by atoms with Crippen molar-refractivity contribution in [3.8, 4) is 5.75 Å². The van der Waals surface area contributed by atoms with E-state index in [0.29, 0.717) is 98.9 Å². The van der Waals surface area contributed by atoms with Crippen molar-refractivity contribution >= 4 is 138 Å². The van der Waals surface area contributed by atoms with Crippen LogP contribution in [-0.4, -0.2) is 219 Å². The van der Waals surface area contributed by atoms with Gasteiger partial charge in [-0.2, -0.15) is 0 Å². The van der Waals surface area contributed by atoms with Crippen LogP contribution in [0.4, 0.5) is 37.1 Å². The number of rotatable bonds is 30. The van der Waals surface area contributed by atoms with E-state index in [2.05, 4.69) is 76.9 Å². The first-order chi connectivity index (χ1) is 58.7. The number of amides is 9. The molecule has 0 unspecified atom stereocenters. The number of unbranched alkanes of at least 4 members (excludes halogenated alkanes) is 1. The van der Waals surface area contributed by atoms with Crippen LogP contribution in [-0.2, 0) is 37.2 Å². The molecule has 2 bridgehead atoms. The third kappa shape index (κ3) is 23.5. The number of nitrogens with one attached hydrogen (secondary N) is 7. The molecule has 0 saturated carbocycles. The van der Waals surface area contributed by atoms with E-state index in [0.717, 1.165) is 102 Å². The SMILES string of the molecule is CC(C)[C@@H](NCCNC(=O)c1ccc2nc3c(nc2c1)CSC1=C\C=C/C=C\C=C/C=C/C(=C1)SC3)C(=O)N[C@H](CCCNC(N)=O)C(=O)Nc1ccc(COC(=O)N(C)C[C@H](CCCCN2CCOCC2)N(C)C(=O)Oc2cc3c(c4ccccc24)[C@H](CCl)CN3C(=O)c2cc3cc(NC(=O)c4ccc(N5CCN(C)CC5)cc4)ccc3[nH]2)cc1. The number of alkyl halides is 1. The standard InChI is InChI=1S/C91H105ClN16O11S2/c1-59(2)83(94-37-38-95-84(109)62-28-34-74-76(49-62)101-79-58-121-70-20-12-10-8-6-7-9-11-19-69(51-70)120-57-78(79)100-74)87(112)102-75(23-17-36-96-89(93)114)86(111)97-65-29-24-60(25-30-65)56-118-90(115)104(4)55-68(18-15-16-39-106-44-46-117-47-45-106)105(5)91(116)119-81-52-80-82(72-22-14-13-21-71(72)81)64(53-92)54-108(80)88(113)77-50-63-48-66(31-35-73(63)99-77)98-85(110)61-26-32-67(33-27-61)107-42-40-103(3)41-43-107/h6-14,19-22,24-35,48-52,59,64,68,75,83,94,99H,15-18,23,36-47,53-58H2,1-5H3,(H,95,109)(H,97,111)(H,98,110)(H,102,112)(H3,93,96,114)/b7-6?,8-6-,9-7-,10-8?,11-9?,12-10-,19-11+,20-12?,69-19?,69-51?,70-20?,70-51?/t64-,68+,75-,83-/m1/s1. The van der Waals surface area contributed by atoms with Crippen LogP contribution >= 0.6 is 35.1 Å². The van der Waals surface area contributed by atoms with Crippen molar-refractivity contribution in [3.63, 3.8) is 0 Å². The van der Waals surface area contributed by atoms with Gasteiger partial charge in [-0.1, -0.05) is 99.2 Å². The fraction of sp³-hybridized carbons (Fsp3) is 0.363. The number of halogens is 1. The van der Waals surface area contributed by atoms with Gasteiger partial charge in [-0.3, -0.25) is 28.9 Å². The lowest BCUT2D eigenvalue weighted by molar-refractivity contribution is -0.128. The Morgan fingerprint density at radius 3 is 2.14 bits per heavy atom. The largest absolute Gasteiger partial charge is 0.445 e. The Morgan fingerprint density at radius 2 is 1.40 bits per heavy atom. The van der Waals surface area contributed by atoms with Gasteiger partial charge in [0.15, 0.2) is 0 Å². The van der Waals surface area contributed by atoms with E-state index in [4.69, 9.17) is 41.5 Å². The third-order valence-corrected chi connectivity index (χ3v) is 24.5. The maximum Gasteiger partial charge on any atom is 0.415 e. The van der Waals surface area contributed by atoms with Crippen molar-refractivity contribution in [1.29, 1.82) is 0 Å². The van der Waals surface area contributed by atoms with Crippen molar-refractivity contribution in [3.05, 3.63) is 231 Å². The zero-order chi connectivity index (χ0) is 84.9. The van der Waals surface area contributed by atoms with Gasteiger partial charge in [0.2, 0.25) is 11.8 Å². The highest BCUT2D eigenvalue weighted by molar-refractivity contribution is 8.03. The summed E-state index contributed by atoms with van der Waals surface area (Å²) in [7, 11) is 5.38. The van der Waals surface area contributed by atoms with Crippen LogP contribution in [0.2, 0.25) is 0 Å². The average molecular weight is 1700 g/mol. The highest BCUT2D eigenvalue weighted by Gasteiger charge is 2.37. The zero-order valence-electron chi connectivity index (χ0n) is 68.8. The summed E-state index contributed by atoms with van der Waals surface area (Å²) < 4.78 is 17.9. The zero-order valence-corrected chi connectivity index (χ0v) is 71.2. The number of aromatic nitrogens is 3. The number of fused-ring (bicyclic) bond motifs is 7. The second-order valence-electron chi connectivity index (χ2n) is 31.1. The number of thioether (sulfide) groups is 2. The van der Waals surface area contributed by atoms with Gasteiger partial charge in [-0.15, -0.1) is 35.1 Å². The minimum Gasteiger partial charge on any atom is -0.445 e. The van der Waals surface area contributed by atoms with E-state index in [9.17, 15) is 38.4 Å². The third-order valence-electron chi connectivity index (χ3n) is 22.1. The number of allylic oxidation sites excluding steroid dienone is 10. The Balaban J connectivity index is 0.613. The number of benzene rings is 6. The van der Waals surface area contributed by atoms with Crippen LogP contribution in [0.25, 0.3) is 32.7 Å². The number of carbonyl (C=O) groups is 8. The monoisotopic (exact) mass is 1700 g/mol. The summed E-state index contributed by atoms with van der Waals surface area (Å²) in [6, 6.07) is 33.1. The lowest BCUT2D eigenvalue weighted by Gasteiger charge is -2.34. The number of nitrogens with zero attached hydrogens (tertiary/aromatic N) is 8. The number of morpholine rings is 1. The first kappa shape index (κ1) is 87.5. The number of anilines is 4.